The molecule has 2 N–H and O–H groups in total. The van der Waals surface area contributed by atoms with Crippen molar-refractivity contribution in [3.05, 3.63) is 65.7 Å². The molecule has 37 heavy (non-hydrogen) atoms. The van der Waals surface area contributed by atoms with Gasteiger partial charge in [0.05, 0.1) is 25.5 Å². The number of furan rings is 1. The Morgan fingerprint density at radius 3 is 2.35 bits per heavy atom. The summed E-state index contributed by atoms with van der Waals surface area (Å²) in [6.45, 7) is 3.09. The van der Waals surface area contributed by atoms with Gasteiger partial charge in [-0.15, -0.1) is 10.2 Å². The van der Waals surface area contributed by atoms with Crippen molar-refractivity contribution >= 4 is 16.0 Å². The van der Waals surface area contributed by atoms with Crippen molar-refractivity contribution in [3.63, 3.8) is 0 Å². The van der Waals surface area contributed by atoms with E-state index in [2.05, 4.69) is 19.9 Å². The summed E-state index contributed by atoms with van der Waals surface area (Å²) in [4.78, 5) is 4.00. The lowest BCUT2D eigenvalue weighted by Gasteiger charge is -2.21. The van der Waals surface area contributed by atoms with Crippen LogP contribution < -0.4 is 14.2 Å². The second-order valence-corrected chi connectivity index (χ2v) is 10.0. The van der Waals surface area contributed by atoms with E-state index in [-0.39, 0.29) is 23.0 Å². The molecule has 1 aromatic carbocycles. The Hall–Kier alpha value is -4.41. The molecule has 0 radical (unpaired) electrons. The number of hydrogen-bond donors (Lipinski definition) is 2. The van der Waals surface area contributed by atoms with Crippen molar-refractivity contribution in [1.82, 2.24) is 19.7 Å². The minimum absolute atomic E-state index is 0.0940. The van der Waals surface area contributed by atoms with Gasteiger partial charge < -0.3 is 19.0 Å². The summed E-state index contributed by atoms with van der Waals surface area (Å²) in [5.74, 6) is 1.68. The van der Waals surface area contributed by atoms with Gasteiger partial charge in [0.1, 0.15) is 40.4 Å². The first-order valence-electron chi connectivity index (χ1n) is 11.0. The Kier molecular flexibility index (Phi) is 7.14. The summed E-state index contributed by atoms with van der Waals surface area (Å²) < 4.78 is 47.3. The van der Waals surface area contributed by atoms with Crippen molar-refractivity contribution in [3.8, 4) is 34.8 Å². The summed E-state index contributed by atoms with van der Waals surface area (Å²) in [5.41, 5.74) is 0.710. The Labute approximate surface area is 213 Å². The molecular formula is C24H24N6O6S. The second kappa shape index (κ2) is 10.3. The van der Waals surface area contributed by atoms with E-state index in [0.29, 0.717) is 28.7 Å². The molecule has 0 aliphatic rings. The molecule has 0 unspecified atom stereocenters. The van der Waals surface area contributed by atoms with Crippen LogP contribution in [0.5, 0.6) is 11.5 Å². The molecule has 4 aromatic rings. The monoisotopic (exact) mass is 524 g/mol. The van der Waals surface area contributed by atoms with Crippen molar-refractivity contribution in [2.24, 2.45) is 0 Å². The fourth-order valence-electron chi connectivity index (χ4n) is 3.61. The van der Waals surface area contributed by atoms with Gasteiger partial charge in [-0.2, -0.15) is 5.26 Å². The van der Waals surface area contributed by atoms with E-state index in [1.165, 1.54) is 44.0 Å². The molecule has 2 atom stereocenters. The number of benzene rings is 1. The number of aryl methyl sites for hydroxylation is 1. The molecule has 3 heterocycles. The summed E-state index contributed by atoms with van der Waals surface area (Å²) >= 11 is 0. The van der Waals surface area contributed by atoms with Gasteiger partial charge in [-0.3, -0.25) is 14.3 Å². The van der Waals surface area contributed by atoms with Crippen LogP contribution in [0.1, 0.15) is 30.0 Å². The van der Waals surface area contributed by atoms with Crippen LogP contribution in [0.2, 0.25) is 0 Å². The minimum atomic E-state index is -4.25. The van der Waals surface area contributed by atoms with Gasteiger partial charge in [0.25, 0.3) is 0 Å². The molecule has 0 aliphatic heterocycles. The molecular weight excluding hydrogens is 500 g/mol. The number of rotatable bonds is 9. The maximum Gasteiger partial charge on any atom is 0.243 e. The standard InChI is InChI=1S/C24H24N6O6S/c1-14-8-11-20(36-14)23-27-28-24(30(23)21-18(34-3)6-5-7-19(21)35-4)29-37(32,33)15(2)22(31)17-10-9-16(12-25)13-26-17/h5-11,13,15,22,31H,1-4H3,(H,28,29)/t15-,22-/m0/s1. The Morgan fingerprint density at radius 1 is 1.11 bits per heavy atom. The van der Waals surface area contributed by atoms with Crippen molar-refractivity contribution in [1.29, 1.82) is 5.26 Å². The van der Waals surface area contributed by atoms with Gasteiger partial charge in [0.15, 0.2) is 5.76 Å². The van der Waals surface area contributed by atoms with Crippen LogP contribution in [0.15, 0.2) is 53.1 Å². The third-order valence-corrected chi connectivity index (χ3v) is 7.34. The quantitative estimate of drug-likeness (QED) is 0.332. The lowest BCUT2D eigenvalue weighted by molar-refractivity contribution is 0.171. The molecule has 0 saturated heterocycles. The molecule has 12 nitrogen and oxygen atoms in total. The number of anilines is 1. The number of sulfonamides is 1. The van der Waals surface area contributed by atoms with Crippen LogP contribution in [0.4, 0.5) is 5.95 Å². The largest absolute Gasteiger partial charge is 0.494 e. The third kappa shape index (κ3) is 4.97. The second-order valence-electron chi connectivity index (χ2n) is 7.98. The van der Waals surface area contributed by atoms with Crippen LogP contribution in [0.3, 0.4) is 0 Å². The van der Waals surface area contributed by atoms with E-state index < -0.39 is 21.4 Å². The van der Waals surface area contributed by atoms with Gasteiger partial charge in [-0.25, -0.2) is 8.42 Å². The van der Waals surface area contributed by atoms with Crippen LogP contribution in [0, 0.1) is 18.3 Å². The number of aliphatic hydroxyl groups excluding tert-OH is 1. The summed E-state index contributed by atoms with van der Waals surface area (Å²) in [7, 11) is -1.32. The van der Waals surface area contributed by atoms with E-state index in [4.69, 9.17) is 19.2 Å². The maximum atomic E-state index is 13.4. The minimum Gasteiger partial charge on any atom is -0.494 e. The molecule has 0 bridgehead atoms. The number of pyridine rings is 1. The van der Waals surface area contributed by atoms with Gasteiger partial charge in [0, 0.05) is 6.20 Å². The first-order valence-corrected chi connectivity index (χ1v) is 12.5. The normalized spacial score (nSPS) is 13.0. The number of ether oxygens (including phenoxy) is 2. The lowest BCUT2D eigenvalue weighted by Crippen LogP contribution is -2.32. The fourth-order valence-corrected chi connectivity index (χ4v) is 4.66. The number of methoxy groups -OCH3 is 2. The van der Waals surface area contributed by atoms with E-state index in [0.717, 1.165) is 0 Å². The van der Waals surface area contributed by atoms with Gasteiger partial charge in [0.2, 0.25) is 21.8 Å². The first-order chi connectivity index (χ1) is 17.7. The predicted molar refractivity (Wildman–Crippen MR) is 133 cm³/mol. The highest BCUT2D eigenvalue weighted by Gasteiger charge is 2.33. The van der Waals surface area contributed by atoms with Gasteiger partial charge in [-0.05, 0) is 50.2 Å². The molecule has 0 spiro atoms. The predicted octanol–water partition coefficient (Wildman–Crippen LogP) is 2.98. The molecule has 192 valence electrons. The SMILES string of the molecule is COc1cccc(OC)c1-n1c(NS(=O)(=O)[C@@H](C)[C@H](O)c2ccc(C#N)cn2)nnc1-c1ccc(C)o1. The van der Waals surface area contributed by atoms with E-state index in [9.17, 15) is 13.5 Å². The average Bonchev–Trinajstić information content (AvgIpc) is 3.52. The van der Waals surface area contributed by atoms with Crippen LogP contribution in [-0.2, 0) is 10.0 Å². The number of para-hydroxylation sites is 1. The molecule has 0 amide bonds. The van der Waals surface area contributed by atoms with Crippen molar-refractivity contribution < 1.29 is 27.4 Å². The van der Waals surface area contributed by atoms with Crippen LogP contribution in [0.25, 0.3) is 17.3 Å². The maximum absolute atomic E-state index is 13.4. The number of hydrogen-bond acceptors (Lipinski definition) is 10. The Balaban J connectivity index is 1.79. The molecule has 0 saturated carbocycles. The Bertz CT molecular complexity index is 1530. The zero-order valence-corrected chi connectivity index (χ0v) is 21.2. The van der Waals surface area contributed by atoms with Crippen LogP contribution >= 0.6 is 0 Å². The highest BCUT2D eigenvalue weighted by molar-refractivity contribution is 7.93. The lowest BCUT2D eigenvalue weighted by atomic mass is 10.1. The van der Waals surface area contributed by atoms with E-state index >= 15 is 0 Å². The average molecular weight is 525 g/mol. The van der Waals surface area contributed by atoms with Crippen molar-refractivity contribution in [2.45, 2.75) is 25.2 Å². The van der Waals surface area contributed by atoms with E-state index in [1.807, 2.05) is 6.07 Å². The molecule has 3 aromatic heterocycles. The number of nitrogens with one attached hydrogen (secondary N) is 1. The molecule has 13 heteroatoms. The van der Waals surface area contributed by atoms with Gasteiger partial charge >= 0.3 is 0 Å². The van der Waals surface area contributed by atoms with Crippen molar-refractivity contribution in [2.75, 3.05) is 18.9 Å². The molecule has 0 aliphatic carbocycles. The van der Waals surface area contributed by atoms with Gasteiger partial charge in [-0.1, -0.05) is 6.07 Å². The topological polar surface area (TPSA) is 165 Å². The summed E-state index contributed by atoms with van der Waals surface area (Å²) in [5, 5.41) is 26.6. The van der Waals surface area contributed by atoms with Crippen LogP contribution in [-0.4, -0.2) is 52.7 Å². The fraction of sp³-hybridized carbons (Fsp3) is 0.250. The molecule has 0 fully saturated rings. The zero-order chi connectivity index (χ0) is 26.7. The number of aromatic nitrogens is 4. The zero-order valence-electron chi connectivity index (χ0n) is 20.4. The number of nitrogens with zero attached hydrogens (tertiary/aromatic N) is 5. The highest BCUT2D eigenvalue weighted by Crippen LogP contribution is 2.38. The summed E-state index contributed by atoms with van der Waals surface area (Å²) in [6.07, 6.45) is -0.234. The third-order valence-electron chi connectivity index (χ3n) is 5.64. The number of aliphatic hydroxyl groups is 1. The highest BCUT2D eigenvalue weighted by atomic mass is 32.2. The first kappa shape index (κ1) is 25.7. The summed E-state index contributed by atoms with van der Waals surface area (Å²) in [6, 6.07) is 13.3. The van der Waals surface area contributed by atoms with E-state index in [1.54, 1.807) is 37.3 Å². The Morgan fingerprint density at radius 2 is 1.81 bits per heavy atom. The smallest absolute Gasteiger partial charge is 0.243 e. The number of nitriles is 1. The molecule has 4 rings (SSSR count).